The van der Waals surface area contributed by atoms with Crippen molar-refractivity contribution < 1.29 is 9.13 Å². The van der Waals surface area contributed by atoms with Crippen LogP contribution in [0.25, 0.3) is 27.9 Å². The topological polar surface area (TPSA) is 70.7 Å². The Bertz CT molecular complexity index is 1410. The van der Waals surface area contributed by atoms with Gasteiger partial charge in [-0.1, -0.05) is 17.7 Å². The van der Waals surface area contributed by atoms with Gasteiger partial charge in [0.05, 0.1) is 35.1 Å². The number of fused-ring (bicyclic) bond motifs is 2. The van der Waals surface area contributed by atoms with E-state index in [0.717, 1.165) is 33.6 Å². The Morgan fingerprint density at radius 1 is 1.13 bits per heavy atom. The second kappa shape index (κ2) is 7.07. The van der Waals surface area contributed by atoms with E-state index in [0.29, 0.717) is 18.1 Å². The zero-order chi connectivity index (χ0) is 20.8. The number of ether oxygens (including phenoxy) is 1. The summed E-state index contributed by atoms with van der Waals surface area (Å²) in [5.74, 6) is 0.844. The summed E-state index contributed by atoms with van der Waals surface area (Å²) in [6.07, 6.45) is 5.12. The average molecular weight is 423 g/mol. The molecule has 150 valence electrons. The molecule has 4 heterocycles. The van der Waals surface area contributed by atoms with Crippen LogP contribution in [0.15, 0.2) is 49.1 Å². The van der Waals surface area contributed by atoms with Gasteiger partial charge < -0.3 is 13.9 Å². The van der Waals surface area contributed by atoms with Crippen molar-refractivity contribution in [2.45, 2.75) is 13.5 Å². The van der Waals surface area contributed by atoms with Gasteiger partial charge in [0.2, 0.25) is 5.88 Å². The summed E-state index contributed by atoms with van der Waals surface area (Å²) in [6.45, 7) is 2.40. The van der Waals surface area contributed by atoms with Gasteiger partial charge in [0, 0.05) is 12.7 Å². The second-order valence-corrected chi connectivity index (χ2v) is 7.24. The highest BCUT2D eigenvalue weighted by Gasteiger charge is 2.15. The summed E-state index contributed by atoms with van der Waals surface area (Å²) < 4.78 is 22.9. The monoisotopic (exact) mass is 422 g/mol. The van der Waals surface area contributed by atoms with Gasteiger partial charge in [-0.25, -0.2) is 19.3 Å². The molecule has 5 rings (SSSR count). The van der Waals surface area contributed by atoms with Crippen molar-refractivity contribution in [2.75, 3.05) is 7.11 Å². The summed E-state index contributed by atoms with van der Waals surface area (Å²) in [7, 11) is 1.58. The minimum atomic E-state index is -0.438. The SMILES string of the molecule is COc1ncnc2ccn(-c3cnc4nc(C)n(Cc5ccc(F)c(Cl)c5)c4c3)c12. The number of imidazole rings is 1. The minimum Gasteiger partial charge on any atom is -0.479 e. The molecule has 0 spiro atoms. The molecule has 0 atom stereocenters. The number of halogens is 2. The Morgan fingerprint density at radius 2 is 2.00 bits per heavy atom. The molecule has 0 saturated carbocycles. The molecular formula is C21H16ClFN6O. The van der Waals surface area contributed by atoms with Gasteiger partial charge >= 0.3 is 0 Å². The third-order valence-electron chi connectivity index (χ3n) is 5.02. The molecule has 0 aliphatic rings. The molecule has 0 unspecified atom stereocenters. The van der Waals surface area contributed by atoms with Crippen molar-refractivity contribution in [1.29, 1.82) is 0 Å². The molecule has 4 aromatic heterocycles. The molecule has 0 aliphatic heterocycles. The van der Waals surface area contributed by atoms with Gasteiger partial charge in [0.1, 0.15) is 23.5 Å². The van der Waals surface area contributed by atoms with Crippen molar-refractivity contribution in [2.24, 2.45) is 0 Å². The molecular weight excluding hydrogens is 407 g/mol. The largest absolute Gasteiger partial charge is 0.479 e. The molecule has 30 heavy (non-hydrogen) atoms. The molecule has 9 heteroatoms. The summed E-state index contributed by atoms with van der Waals surface area (Å²) in [4.78, 5) is 17.6. The highest BCUT2D eigenvalue weighted by Crippen LogP contribution is 2.27. The number of benzene rings is 1. The zero-order valence-electron chi connectivity index (χ0n) is 16.2. The Balaban J connectivity index is 1.64. The number of pyridine rings is 1. The zero-order valence-corrected chi connectivity index (χ0v) is 16.9. The molecule has 0 radical (unpaired) electrons. The predicted molar refractivity (Wildman–Crippen MR) is 112 cm³/mol. The predicted octanol–water partition coefficient (Wildman–Crippen LogP) is 4.32. The van der Waals surface area contributed by atoms with Crippen LogP contribution in [0.2, 0.25) is 5.02 Å². The number of hydrogen-bond donors (Lipinski definition) is 0. The van der Waals surface area contributed by atoms with Crippen molar-refractivity contribution in [1.82, 2.24) is 29.1 Å². The first-order chi connectivity index (χ1) is 14.5. The number of hydrogen-bond acceptors (Lipinski definition) is 5. The smallest absolute Gasteiger partial charge is 0.241 e. The number of nitrogens with zero attached hydrogens (tertiary/aromatic N) is 6. The molecule has 0 N–H and O–H groups in total. The lowest BCUT2D eigenvalue weighted by atomic mass is 10.2. The highest BCUT2D eigenvalue weighted by molar-refractivity contribution is 6.30. The van der Waals surface area contributed by atoms with Crippen LogP contribution in [0.4, 0.5) is 4.39 Å². The van der Waals surface area contributed by atoms with E-state index in [4.69, 9.17) is 16.3 Å². The summed E-state index contributed by atoms with van der Waals surface area (Å²) in [5.41, 5.74) is 4.70. The van der Waals surface area contributed by atoms with Crippen LogP contribution < -0.4 is 4.74 Å². The lowest BCUT2D eigenvalue weighted by Gasteiger charge is -2.10. The summed E-state index contributed by atoms with van der Waals surface area (Å²) >= 11 is 5.95. The van der Waals surface area contributed by atoms with Crippen LogP contribution in [0, 0.1) is 12.7 Å². The molecule has 0 saturated heterocycles. The normalized spacial score (nSPS) is 11.5. The standard InChI is InChI=1S/C21H16ClFN6O/c1-12-27-20-18(29(12)10-13-3-4-16(23)15(22)7-13)8-14(9-24-20)28-6-5-17-19(28)21(30-2)26-11-25-17/h3-9,11H,10H2,1-2H3. The van der Waals surface area contributed by atoms with Gasteiger partial charge in [0.25, 0.3) is 0 Å². The van der Waals surface area contributed by atoms with Crippen molar-refractivity contribution in [3.63, 3.8) is 0 Å². The van der Waals surface area contributed by atoms with Gasteiger partial charge in [-0.05, 0) is 36.8 Å². The number of rotatable bonds is 4. The van der Waals surface area contributed by atoms with Crippen LogP contribution >= 0.6 is 11.6 Å². The van der Waals surface area contributed by atoms with E-state index in [1.54, 1.807) is 25.4 Å². The van der Waals surface area contributed by atoms with Gasteiger partial charge in [-0.2, -0.15) is 4.98 Å². The number of aryl methyl sites for hydroxylation is 1. The first kappa shape index (κ1) is 18.5. The molecule has 5 aromatic rings. The van der Waals surface area contributed by atoms with E-state index in [1.807, 2.05) is 34.4 Å². The van der Waals surface area contributed by atoms with Gasteiger partial charge in [-0.3, -0.25) is 0 Å². The second-order valence-electron chi connectivity index (χ2n) is 6.83. The van der Waals surface area contributed by atoms with Crippen LogP contribution in [0.3, 0.4) is 0 Å². The van der Waals surface area contributed by atoms with E-state index in [2.05, 4.69) is 19.9 Å². The molecule has 0 fully saturated rings. The Hall–Kier alpha value is -3.52. The third kappa shape index (κ3) is 2.96. The number of methoxy groups -OCH3 is 1. The quantitative estimate of drug-likeness (QED) is 0.431. The maximum absolute atomic E-state index is 13.5. The fourth-order valence-corrected chi connectivity index (χ4v) is 3.77. The van der Waals surface area contributed by atoms with Gasteiger partial charge in [-0.15, -0.1) is 0 Å². The van der Waals surface area contributed by atoms with Crippen LogP contribution in [0.1, 0.15) is 11.4 Å². The van der Waals surface area contributed by atoms with Crippen molar-refractivity contribution in [3.8, 4) is 11.6 Å². The maximum Gasteiger partial charge on any atom is 0.241 e. The molecule has 0 aliphatic carbocycles. The van der Waals surface area contributed by atoms with Crippen molar-refractivity contribution >= 4 is 33.8 Å². The first-order valence-electron chi connectivity index (χ1n) is 9.18. The third-order valence-corrected chi connectivity index (χ3v) is 5.31. The van der Waals surface area contributed by atoms with Crippen LogP contribution in [-0.2, 0) is 6.54 Å². The Kier molecular flexibility index (Phi) is 4.36. The van der Waals surface area contributed by atoms with E-state index in [-0.39, 0.29) is 5.02 Å². The molecule has 0 bridgehead atoms. The first-order valence-corrected chi connectivity index (χ1v) is 9.56. The van der Waals surface area contributed by atoms with Crippen LogP contribution in [-0.4, -0.2) is 36.2 Å². The Morgan fingerprint density at radius 3 is 2.80 bits per heavy atom. The minimum absolute atomic E-state index is 0.0966. The molecule has 7 nitrogen and oxygen atoms in total. The molecule has 1 aromatic carbocycles. The maximum atomic E-state index is 13.5. The van der Waals surface area contributed by atoms with E-state index < -0.39 is 5.82 Å². The molecule has 0 amide bonds. The highest BCUT2D eigenvalue weighted by atomic mass is 35.5. The van der Waals surface area contributed by atoms with Crippen LogP contribution in [0.5, 0.6) is 5.88 Å². The fourth-order valence-electron chi connectivity index (χ4n) is 3.57. The fraction of sp³-hybridized carbons (Fsp3) is 0.143. The number of aromatic nitrogens is 6. The summed E-state index contributed by atoms with van der Waals surface area (Å²) in [6, 6.07) is 8.60. The van der Waals surface area contributed by atoms with Crippen molar-refractivity contribution in [3.05, 3.63) is 71.3 Å². The Labute approximate surface area is 175 Å². The van der Waals surface area contributed by atoms with Gasteiger partial charge in [0.15, 0.2) is 5.65 Å². The van der Waals surface area contributed by atoms with E-state index in [1.165, 1.54) is 12.4 Å². The van der Waals surface area contributed by atoms with E-state index in [9.17, 15) is 4.39 Å². The average Bonchev–Trinajstić information content (AvgIpc) is 3.31. The summed E-state index contributed by atoms with van der Waals surface area (Å²) in [5, 5.41) is 0.0966. The lowest BCUT2D eigenvalue weighted by Crippen LogP contribution is -2.03. The lowest BCUT2D eigenvalue weighted by molar-refractivity contribution is 0.401. The van der Waals surface area contributed by atoms with E-state index >= 15 is 0 Å².